The molecule has 0 saturated carbocycles. The van der Waals surface area contributed by atoms with E-state index >= 15 is 0 Å². The Hall–Kier alpha value is -3.19. The third-order valence-electron chi connectivity index (χ3n) is 4.78. The number of fused-ring (bicyclic) bond motifs is 1. The topological polar surface area (TPSA) is 87.3 Å². The summed E-state index contributed by atoms with van der Waals surface area (Å²) in [5.74, 6) is 1.18. The first-order valence-corrected chi connectivity index (χ1v) is 9.77. The van der Waals surface area contributed by atoms with Gasteiger partial charge in [-0.15, -0.1) is 0 Å². The molecule has 152 valence electrons. The molecule has 3 rings (SSSR count). The molecule has 0 spiro atoms. The lowest BCUT2D eigenvalue weighted by atomic mass is 10.2. The molecule has 1 amide bonds. The molecule has 1 atom stereocenters. The van der Waals surface area contributed by atoms with E-state index in [1.807, 2.05) is 68.1 Å². The van der Waals surface area contributed by atoms with Gasteiger partial charge in [0.25, 0.3) is 5.56 Å². The van der Waals surface area contributed by atoms with E-state index in [1.54, 1.807) is 6.07 Å². The van der Waals surface area contributed by atoms with Gasteiger partial charge in [0, 0.05) is 5.69 Å². The Morgan fingerprint density at radius 2 is 1.90 bits per heavy atom. The lowest BCUT2D eigenvalue weighted by Gasteiger charge is -2.26. The van der Waals surface area contributed by atoms with Crippen molar-refractivity contribution in [3.05, 3.63) is 64.7 Å². The molecule has 0 aliphatic carbocycles. The van der Waals surface area contributed by atoms with Crippen molar-refractivity contribution < 1.29 is 9.53 Å². The Balaban J connectivity index is 1.70. The van der Waals surface area contributed by atoms with Crippen LogP contribution in [0.15, 0.2) is 53.3 Å². The number of para-hydroxylation sites is 1. The fourth-order valence-electron chi connectivity index (χ4n) is 3.14. The van der Waals surface area contributed by atoms with Crippen molar-refractivity contribution in [3.8, 4) is 5.75 Å². The molecule has 0 radical (unpaired) electrons. The van der Waals surface area contributed by atoms with Gasteiger partial charge in [-0.05, 0) is 56.8 Å². The van der Waals surface area contributed by atoms with Crippen molar-refractivity contribution in [2.75, 3.05) is 18.5 Å². The number of aromatic amines is 1. The van der Waals surface area contributed by atoms with Crippen LogP contribution >= 0.6 is 0 Å². The monoisotopic (exact) mass is 394 g/mol. The number of carbonyl (C=O) groups excluding carboxylic acids is 1. The van der Waals surface area contributed by atoms with Gasteiger partial charge >= 0.3 is 0 Å². The average molecular weight is 394 g/mol. The number of H-pyrrole nitrogens is 1. The quantitative estimate of drug-likeness (QED) is 0.613. The van der Waals surface area contributed by atoms with Gasteiger partial charge in [-0.2, -0.15) is 0 Å². The second-order valence-corrected chi connectivity index (χ2v) is 6.72. The number of anilines is 1. The molecule has 0 aliphatic rings. The summed E-state index contributed by atoms with van der Waals surface area (Å²) in [7, 11) is 0. The predicted molar refractivity (Wildman–Crippen MR) is 114 cm³/mol. The third-order valence-corrected chi connectivity index (χ3v) is 4.78. The van der Waals surface area contributed by atoms with E-state index in [-0.39, 0.29) is 11.5 Å². The summed E-state index contributed by atoms with van der Waals surface area (Å²) in [5.41, 5.74) is 1.18. The molecule has 0 saturated heterocycles. The van der Waals surface area contributed by atoms with Gasteiger partial charge in [-0.25, -0.2) is 4.98 Å². The zero-order valence-electron chi connectivity index (χ0n) is 16.9. The number of nitrogens with zero attached hydrogens (tertiary/aromatic N) is 2. The molecule has 3 aromatic rings. The zero-order chi connectivity index (χ0) is 20.8. The Bertz CT molecular complexity index is 1030. The number of hydrogen-bond acceptors (Lipinski definition) is 5. The van der Waals surface area contributed by atoms with Crippen molar-refractivity contribution in [2.45, 2.75) is 33.4 Å². The molecule has 1 aromatic heterocycles. The molecule has 0 aliphatic heterocycles. The van der Waals surface area contributed by atoms with Crippen LogP contribution in [0.4, 0.5) is 5.69 Å². The van der Waals surface area contributed by atoms with Crippen LogP contribution in [0.25, 0.3) is 10.9 Å². The van der Waals surface area contributed by atoms with Crippen LogP contribution in [0.2, 0.25) is 0 Å². The van der Waals surface area contributed by atoms with Crippen LogP contribution in [0.5, 0.6) is 5.75 Å². The minimum absolute atomic E-state index is 0.126. The summed E-state index contributed by atoms with van der Waals surface area (Å²) in [6.45, 7) is 7.34. The molecule has 7 heteroatoms. The van der Waals surface area contributed by atoms with Crippen molar-refractivity contribution >= 4 is 22.5 Å². The fraction of sp³-hybridized carbons (Fsp3) is 0.318. The van der Waals surface area contributed by atoms with E-state index in [9.17, 15) is 9.59 Å². The van der Waals surface area contributed by atoms with E-state index in [2.05, 4.69) is 15.3 Å². The van der Waals surface area contributed by atoms with Gasteiger partial charge in [-0.3, -0.25) is 14.5 Å². The number of amides is 1. The highest BCUT2D eigenvalue weighted by Crippen LogP contribution is 2.17. The van der Waals surface area contributed by atoms with Crippen LogP contribution in [-0.2, 0) is 11.3 Å². The van der Waals surface area contributed by atoms with Gasteiger partial charge in [0.1, 0.15) is 11.6 Å². The van der Waals surface area contributed by atoms with Crippen LogP contribution in [-0.4, -0.2) is 40.0 Å². The maximum absolute atomic E-state index is 12.7. The smallest absolute Gasteiger partial charge is 0.258 e. The molecule has 1 unspecified atom stereocenters. The Labute approximate surface area is 169 Å². The molecule has 2 N–H and O–H groups in total. The Morgan fingerprint density at radius 1 is 1.17 bits per heavy atom. The highest BCUT2D eigenvalue weighted by atomic mass is 16.5. The summed E-state index contributed by atoms with van der Waals surface area (Å²) < 4.78 is 5.42. The van der Waals surface area contributed by atoms with E-state index in [0.717, 1.165) is 5.75 Å². The zero-order valence-corrected chi connectivity index (χ0v) is 16.9. The van der Waals surface area contributed by atoms with Crippen molar-refractivity contribution in [1.82, 2.24) is 14.9 Å². The van der Waals surface area contributed by atoms with Crippen LogP contribution in [0.3, 0.4) is 0 Å². The number of likely N-dealkylation sites (N-methyl/N-ethyl adjacent to an activating group) is 1. The molecule has 29 heavy (non-hydrogen) atoms. The van der Waals surface area contributed by atoms with Gasteiger partial charge in [-0.1, -0.05) is 19.1 Å². The van der Waals surface area contributed by atoms with Gasteiger partial charge in [0.2, 0.25) is 5.91 Å². The standard InChI is InChI=1S/C22H26N4O3/c1-4-26(14-20-24-19-9-7-6-8-18(19)22(28)25-20)15(3)21(27)23-16-10-12-17(13-11-16)29-5-2/h6-13,15H,4-5,14H2,1-3H3,(H,23,27)(H,24,25,28). The SMILES string of the molecule is CCOc1ccc(NC(=O)C(C)N(CC)Cc2nc3ccccc3c(=O)[nH]2)cc1. The lowest BCUT2D eigenvalue weighted by Crippen LogP contribution is -2.42. The van der Waals surface area contributed by atoms with E-state index in [0.29, 0.717) is 42.1 Å². The molecule has 7 nitrogen and oxygen atoms in total. The number of ether oxygens (including phenoxy) is 1. The molecular weight excluding hydrogens is 368 g/mol. The molecule has 1 heterocycles. The lowest BCUT2D eigenvalue weighted by molar-refractivity contribution is -0.120. The van der Waals surface area contributed by atoms with Crippen molar-refractivity contribution in [1.29, 1.82) is 0 Å². The largest absolute Gasteiger partial charge is 0.494 e. The summed E-state index contributed by atoms with van der Waals surface area (Å²) in [4.78, 5) is 34.3. The predicted octanol–water partition coefficient (Wildman–Crippen LogP) is 3.17. The summed E-state index contributed by atoms with van der Waals surface area (Å²) in [6, 6.07) is 14.1. The van der Waals surface area contributed by atoms with Crippen LogP contribution in [0.1, 0.15) is 26.6 Å². The van der Waals surface area contributed by atoms with Crippen molar-refractivity contribution in [3.63, 3.8) is 0 Å². The number of nitrogens with one attached hydrogen (secondary N) is 2. The molecule has 2 aromatic carbocycles. The molecule has 0 bridgehead atoms. The Kier molecular flexibility index (Phi) is 6.61. The maximum atomic E-state index is 12.7. The fourth-order valence-corrected chi connectivity index (χ4v) is 3.14. The van der Waals surface area contributed by atoms with Crippen LogP contribution in [0, 0.1) is 0 Å². The van der Waals surface area contributed by atoms with Gasteiger partial charge < -0.3 is 15.0 Å². The summed E-state index contributed by atoms with van der Waals surface area (Å²) in [5, 5.41) is 3.48. The molecular formula is C22H26N4O3. The number of carbonyl (C=O) groups is 1. The highest BCUT2D eigenvalue weighted by molar-refractivity contribution is 5.94. The van der Waals surface area contributed by atoms with E-state index in [4.69, 9.17) is 4.74 Å². The second kappa shape index (κ2) is 9.34. The normalized spacial score (nSPS) is 12.1. The first kappa shape index (κ1) is 20.5. The minimum Gasteiger partial charge on any atom is -0.494 e. The number of aromatic nitrogens is 2. The number of benzene rings is 2. The Morgan fingerprint density at radius 3 is 2.59 bits per heavy atom. The maximum Gasteiger partial charge on any atom is 0.258 e. The van der Waals surface area contributed by atoms with Crippen molar-refractivity contribution in [2.24, 2.45) is 0 Å². The number of hydrogen-bond donors (Lipinski definition) is 2. The first-order valence-electron chi connectivity index (χ1n) is 9.77. The van der Waals surface area contributed by atoms with Crippen LogP contribution < -0.4 is 15.6 Å². The summed E-state index contributed by atoms with van der Waals surface area (Å²) in [6.07, 6.45) is 0. The number of rotatable bonds is 8. The second-order valence-electron chi connectivity index (χ2n) is 6.72. The highest BCUT2D eigenvalue weighted by Gasteiger charge is 2.21. The van der Waals surface area contributed by atoms with Gasteiger partial charge in [0.15, 0.2) is 0 Å². The minimum atomic E-state index is -0.400. The van der Waals surface area contributed by atoms with Gasteiger partial charge in [0.05, 0.1) is 30.1 Å². The van der Waals surface area contributed by atoms with E-state index in [1.165, 1.54) is 0 Å². The molecule has 0 fully saturated rings. The summed E-state index contributed by atoms with van der Waals surface area (Å²) >= 11 is 0. The van der Waals surface area contributed by atoms with E-state index < -0.39 is 6.04 Å². The third kappa shape index (κ3) is 5.00. The average Bonchev–Trinajstić information content (AvgIpc) is 2.73. The first-order chi connectivity index (χ1) is 14.0.